The van der Waals surface area contributed by atoms with Gasteiger partial charge in [0.15, 0.2) is 0 Å². The van der Waals surface area contributed by atoms with E-state index < -0.39 is 5.97 Å². The summed E-state index contributed by atoms with van der Waals surface area (Å²) in [5, 5.41) is 8.91. The Bertz CT molecular complexity index is 379. The number of benzene rings is 1. The molecule has 18 heavy (non-hydrogen) atoms. The van der Waals surface area contributed by atoms with Gasteiger partial charge in [0.2, 0.25) is 0 Å². The quantitative estimate of drug-likeness (QED) is 0.835. The molecule has 5 heteroatoms. The number of hydrogen-bond donors (Lipinski definition) is 1. The maximum absolute atomic E-state index is 10.8. The first-order valence-electron chi connectivity index (χ1n) is 5.80. The van der Waals surface area contributed by atoms with Crippen LogP contribution in [0.25, 0.3) is 0 Å². The number of likely N-dealkylation sites (N-methyl/N-ethyl adjacent to an activating group) is 1. The maximum Gasteiger partial charge on any atom is 0.317 e. The number of carboxylic acid groups (broad SMARTS) is 1. The molecule has 1 rings (SSSR count). The SMILES string of the molecule is CN(C)CCN(CC(=O)O)Cc1ccc(Br)cc1. The average Bonchev–Trinajstić information content (AvgIpc) is 2.28. The molecule has 0 unspecified atom stereocenters. The minimum Gasteiger partial charge on any atom is -0.480 e. The molecule has 0 fully saturated rings. The molecule has 0 aliphatic rings. The largest absolute Gasteiger partial charge is 0.480 e. The maximum atomic E-state index is 10.8. The van der Waals surface area contributed by atoms with E-state index in [1.165, 1.54) is 0 Å². The van der Waals surface area contributed by atoms with Crippen molar-refractivity contribution >= 4 is 21.9 Å². The number of carboxylic acids is 1. The van der Waals surface area contributed by atoms with E-state index in [-0.39, 0.29) is 6.54 Å². The lowest BCUT2D eigenvalue weighted by Gasteiger charge is -2.22. The summed E-state index contributed by atoms with van der Waals surface area (Å²) < 4.78 is 1.03. The molecule has 0 aliphatic carbocycles. The lowest BCUT2D eigenvalue weighted by Crippen LogP contribution is -2.35. The van der Waals surface area contributed by atoms with E-state index in [1.54, 1.807) is 0 Å². The molecule has 0 atom stereocenters. The standard InChI is InChI=1S/C13H19BrN2O2/c1-15(2)7-8-16(10-13(17)18)9-11-3-5-12(14)6-4-11/h3-6H,7-10H2,1-2H3,(H,17,18). The highest BCUT2D eigenvalue weighted by atomic mass is 79.9. The van der Waals surface area contributed by atoms with Gasteiger partial charge < -0.3 is 10.0 Å². The molecule has 0 radical (unpaired) electrons. The third-order valence-corrected chi connectivity index (χ3v) is 3.07. The minimum atomic E-state index is -0.786. The van der Waals surface area contributed by atoms with Crippen LogP contribution < -0.4 is 0 Å². The van der Waals surface area contributed by atoms with Gasteiger partial charge in [0.05, 0.1) is 6.54 Å². The van der Waals surface area contributed by atoms with Gasteiger partial charge in [0, 0.05) is 24.1 Å². The summed E-state index contributed by atoms with van der Waals surface area (Å²) in [4.78, 5) is 14.8. The van der Waals surface area contributed by atoms with Gasteiger partial charge in [0.25, 0.3) is 0 Å². The van der Waals surface area contributed by atoms with Crippen molar-refractivity contribution in [3.05, 3.63) is 34.3 Å². The Labute approximate surface area is 116 Å². The molecule has 1 aromatic carbocycles. The van der Waals surface area contributed by atoms with Crippen LogP contribution in [0.5, 0.6) is 0 Å². The van der Waals surface area contributed by atoms with Gasteiger partial charge in [-0.3, -0.25) is 9.69 Å². The number of aliphatic carboxylic acids is 1. The van der Waals surface area contributed by atoms with Crippen molar-refractivity contribution < 1.29 is 9.90 Å². The van der Waals surface area contributed by atoms with Gasteiger partial charge in [0.1, 0.15) is 0 Å². The third-order valence-electron chi connectivity index (χ3n) is 2.54. The van der Waals surface area contributed by atoms with Gasteiger partial charge in [-0.15, -0.1) is 0 Å². The molecule has 1 aromatic rings. The van der Waals surface area contributed by atoms with Crippen molar-refractivity contribution in [3.8, 4) is 0 Å². The number of nitrogens with zero attached hydrogens (tertiary/aromatic N) is 2. The monoisotopic (exact) mass is 314 g/mol. The van der Waals surface area contributed by atoms with Crippen LogP contribution >= 0.6 is 15.9 Å². The molecule has 100 valence electrons. The Hall–Kier alpha value is -0.910. The molecule has 0 spiro atoms. The highest BCUT2D eigenvalue weighted by molar-refractivity contribution is 9.10. The Morgan fingerprint density at radius 1 is 1.22 bits per heavy atom. The summed E-state index contributed by atoms with van der Waals surface area (Å²) in [5.41, 5.74) is 1.12. The molecule has 0 aromatic heterocycles. The summed E-state index contributed by atoms with van der Waals surface area (Å²) in [7, 11) is 3.97. The molecule has 0 heterocycles. The number of halogens is 1. The van der Waals surface area contributed by atoms with Crippen molar-refractivity contribution in [1.29, 1.82) is 0 Å². The second kappa shape index (κ2) is 7.51. The second-order valence-corrected chi connectivity index (χ2v) is 5.45. The zero-order valence-electron chi connectivity index (χ0n) is 10.8. The lowest BCUT2D eigenvalue weighted by atomic mass is 10.2. The molecule has 1 N–H and O–H groups in total. The first kappa shape index (κ1) is 15.1. The molecular formula is C13H19BrN2O2. The molecule has 0 aliphatic heterocycles. The van der Waals surface area contributed by atoms with Gasteiger partial charge >= 0.3 is 5.97 Å². The van der Waals surface area contributed by atoms with E-state index in [9.17, 15) is 4.79 Å². The first-order valence-corrected chi connectivity index (χ1v) is 6.60. The highest BCUT2D eigenvalue weighted by Gasteiger charge is 2.10. The van der Waals surface area contributed by atoms with Crippen molar-refractivity contribution in [2.45, 2.75) is 6.54 Å². The zero-order chi connectivity index (χ0) is 13.5. The van der Waals surface area contributed by atoms with Gasteiger partial charge in [-0.05, 0) is 31.8 Å². The predicted molar refractivity (Wildman–Crippen MR) is 75.6 cm³/mol. The van der Waals surface area contributed by atoms with E-state index in [1.807, 2.05) is 43.3 Å². The Kier molecular flexibility index (Phi) is 6.32. The fraction of sp³-hybridized carbons (Fsp3) is 0.462. The zero-order valence-corrected chi connectivity index (χ0v) is 12.4. The van der Waals surface area contributed by atoms with Crippen LogP contribution in [0.2, 0.25) is 0 Å². The third kappa shape index (κ3) is 6.14. The average molecular weight is 315 g/mol. The van der Waals surface area contributed by atoms with Crippen LogP contribution in [0.1, 0.15) is 5.56 Å². The van der Waals surface area contributed by atoms with E-state index in [0.29, 0.717) is 6.54 Å². The van der Waals surface area contributed by atoms with Crippen molar-refractivity contribution in [1.82, 2.24) is 9.80 Å². The van der Waals surface area contributed by atoms with Crippen LogP contribution in [0, 0.1) is 0 Å². The fourth-order valence-corrected chi connectivity index (χ4v) is 1.86. The molecule has 0 amide bonds. The minimum absolute atomic E-state index is 0.0733. The summed E-state index contributed by atoms with van der Waals surface area (Å²) >= 11 is 3.39. The van der Waals surface area contributed by atoms with Crippen LogP contribution in [0.15, 0.2) is 28.7 Å². The normalized spacial score (nSPS) is 11.2. The van der Waals surface area contributed by atoms with E-state index in [2.05, 4.69) is 20.8 Å². The molecule has 0 saturated heterocycles. The van der Waals surface area contributed by atoms with Crippen LogP contribution in [0.4, 0.5) is 0 Å². The van der Waals surface area contributed by atoms with E-state index in [4.69, 9.17) is 5.11 Å². The Balaban J connectivity index is 2.59. The lowest BCUT2D eigenvalue weighted by molar-refractivity contribution is -0.138. The van der Waals surface area contributed by atoms with Gasteiger partial charge in [-0.25, -0.2) is 0 Å². The summed E-state index contributed by atoms with van der Waals surface area (Å²) in [6.45, 7) is 2.33. The Morgan fingerprint density at radius 2 is 1.83 bits per heavy atom. The smallest absolute Gasteiger partial charge is 0.317 e. The topological polar surface area (TPSA) is 43.8 Å². The van der Waals surface area contributed by atoms with Crippen LogP contribution in [-0.2, 0) is 11.3 Å². The van der Waals surface area contributed by atoms with Crippen LogP contribution in [-0.4, -0.2) is 54.6 Å². The first-order chi connectivity index (χ1) is 8.47. The summed E-state index contributed by atoms with van der Waals surface area (Å²) in [6, 6.07) is 7.96. The van der Waals surface area contributed by atoms with Gasteiger partial charge in [-0.2, -0.15) is 0 Å². The van der Waals surface area contributed by atoms with Gasteiger partial charge in [-0.1, -0.05) is 28.1 Å². The van der Waals surface area contributed by atoms with Crippen LogP contribution in [0.3, 0.4) is 0 Å². The Morgan fingerprint density at radius 3 is 2.33 bits per heavy atom. The number of rotatable bonds is 7. The number of carbonyl (C=O) groups is 1. The number of hydrogen-bond acceptors (Lipinski definition) is 3. The fourth-order valence-electron chi connectivity index (χ4n) is 1.59. The molecule has 4 nitrogen and oxygen atoms in total. The summed E-state index contributed by atoms with van der Waals surface area (Å²) in [5.74, 6) is -0.786. The van der Waals surface area contributed by atoms with Crippen molar-refractivity contribution in [3.63, 3.8) is 0 Å². The summed E-state index contributed by atoms with van der Waals surface area (Å²) in [6.07, 6.45) is 0. The molecule has 0 saturated carbocycles. The van der Waals surface area contributed by atoms with Crippen molar-refractivity contribution in [2.75, 3.05) is 33.7 Å². The second-order valence-electron chi connectivity index (χ2n) is 4.53. The van der Waals surface area contributed by atoms with Crippen molar-refractivity contribution in [2.24, 2.45) is 0 Å². The van der Waals surface area contributed by atoms with E-state index >= 15 is 0 Å². The van der Waals surface area contributed by atoms with E-state index in [0.717, 1.165) is 23.1 Å². The molecular weight excluding hydrogens is 296 g/mol. The highest BCUT2D eigenvalue weighted by Crippen LogP contribution is 2.12. The predicted octanol–water partition coefficient (Wildman–Crippen LogP) is 1.90. The molecule has 0 bridgehead atoms.